The summed E-state index contributed by atoms with van der Waals surface area (Å²) >= 11 is 1.64. The molecule has 84 valence electrons. The lowest BCUT2D eigenvalue weighted by Crippen LogP contribution is -2.21. The molecule has 0 fully saturated rings. The van der Waals surface area contributed by atoms with Gasteiger partial charge >= 0.3 is 0 Å². The van der Waals surface area contributed by atoms with Crippen molar-refractivity contribution in [1.82, 2.24) is 0 Å². The molecule has 0 bridgehead atoms. The van der Waals surface area contributed by atoms with Crippen LogP contribution in [0.15, 0.2) is 18.2 Å². The number of hydrogen-bond acceptors (Lipinski definition) is 2. The third-order valence-corrected chi connectivity index (χ3v) is 3.31. The Hall–Kier alpha value is -0.610. The van der Waals surface area contributed by atoms with Crippen LogP contribution in [-0.2, 0) is 5.75 Å². The van der Waals surface area contributed by atoms with E-state index in [1.54, 1.807) is 17.8 Å². The molecule has 1 aromatic rings. The molecular weight excluding hydrogens is 216 g/mol. The highest BCUT2D eigenvalue weighted by Gasteiger charge is 2.03. The van der Waals surface area contributed by atoms with Gasteiger partial charge in [0.05, 0.1) is 0 Å². The van der Waals surface area contributed by atoms with Gasteiger partial charge in [-0.25, -0.2) is 8.78 Å². The largest absolute Gasteiger partial charge is 0.327 e. The van der Waals surface area contributed by atoms with Gasteiger partial charge in [-0.2, -0.15) is 11.8 Å². The van der Waals surface area contributed by atoms with Crippen LogP contribution in [0.5, 0.6) is 0 Å². The minimum Gasteiger partial charge on any atom is -0.327 e. The van der Waals surface area contributed by atoms with Gasteiger partial charge < -0.3 is 5.73 Å². The summed E-state index contributed by atoms with van der Waals surface area (Å²) in [4.78, 5) is 0. The fraction of sp³-hybridized carbons (Fsp3) is 0.455. The maximum atomic E-state index is 12.8. The average molecular weight is 231 g/mol. The fourth-order valence-electron chi connectivity index (χ4n) is 1.08. The van der Waals surface area contributed by atoms with Crippen LogP contribution in [0.3, 0.4) is 0 Å². The van der Waals surface area contributed by atoms with E-state index in [1.807, 2.05) is 6.92 Å². The van der Waals surface area contributed by atoms with Gasteiger partial charge in [-0.1, -0.05) is 13.0 Å². The van der Waals surface area contributed by atoms with Crippen LogP contribution in [0.2, 0.25) is 0 Å². The van der Waals surface area contributed by atoms with E-state index in [9.17, 15) is 8.78 Å². The molecule has 1 unspecified atom stereocenters. The van der Waals surface area contributed by atoms with E-state index in [1.165, 1.54) is 6.07 Å². The van der Waals surface area contributed by atoms with Crippen molar-refractivity contribution in [2.24, 2.45) is 5.73 Å². The minimum atomic E-state index is -0.797. The first-order chi connectivity index (χ1) is 7.13. The van der Waals surface area contributed by atoms with Gasteiger partial charge in [0.25, 0.3) is 0 Å². The number of nitrogens with two attached hydrogens (primary N) is 1. The zero-order valence-electron chi connectivity index (χ0n) is 8.67. The zero-order chi connectivity index (χ0) is 11.3. The summed E-state index contributed by atoms with van der Waals surface area (Å²) in [7, 11) is 0. The van der Waals surface area contributed by atoms with Gasteiger partial charge in [-0.05, 0) is 24.1 Å². The molecule has 0 saturated heterocycles. The second kappa shape index (κ2) is 6.08. The first kappa shape index (κ1) is 12.5. The fourth-order valence-corrected chi connectivity index (χ4v) is 2.15. The third kappa shape index (κ3) is 4.18. The van der Waals surface area contributed by atoms with Crippen molar-refractivity contribution in [1.29, 1.82) is 0 Å². The van der Waals surface area contributed by atoms with Gasteiger partial charge in [0, 0.05) is 17.5 Å². The van der Waals surface area contributed by atoms with E-state index in [-0.39, 0.29) is 6.04 Å². The second-order valence-corrected chi connectivity index (χ2v) is 4.46. The highest BCUT2D eigenvalue weighted by Crippen LogP contribution is 2.16. The van der Waals surface area contributed by atoms with Crippen LogP contribution in [-0.4, -0.2) is 11.8 Å². The normalized spacial score (nSPS) is 12.8. The molecule has 0 aliphatic heterocycles. The smallest absolute Gasteiger partial charge is 0.159 e. The lowest BCUT2D eigenvalue weighted by atomic mass is 10.2. The Morgan fingerprint density at radius 2 is 2.07 bits per heavy atom. The van der Waals surface area contributed by atoms with E-state index in [4.69, 9.17) is 5.73 Å². The number of hydrogen-bond donors (Lipinski definition) is 1. The Balaban J connectivity index is 2.41. The predicted octanol–water partition coefficient (Wildman–Crippen LogP) is 2.94. The molecule has 0 spiro atoms. The lowest BCUT2D eigenvalue weighted by Gasteiger charge is -2.07. The van der Waals surface area contributed by atoms with Crippen LogP contribution in [0.1, 0.15) is 18.9 Å². The predicted molar refractivity (Wildman–Crippen MR) is 60.8 cm³/mol. The monoisotopic (exact) mass is 231 g/mol. The first-order valence-corrected chi connectivity index (χ1v) is 6.06. The van der Waals surface area contributed by atoms with Crippen molar-refractivity contribution in [2.75, 3.05) is 5.75 Å². The van der Waals surface area contributed by atoms with E-state index < -0.39 is 11.6 Å². The van der Waals surface area contributed by atoms with Crippen molar-refractivity contribution >= 4 is 11.8 Å². The molecule has 15 heavy (non-hydrogen) atoms. The summed E-state index contributed by atoms with van der Waals surface area (Å²) in [6.07, 6.45) is 0.935. The van der Waals surface area contributed by atoms with Crippen molar-refractivity contribution in [3.63, 3.8) is 0 Å². The van der Waals surface area contributed by atoms with Gasteiger partial charge in [0.1, 0.15) is 0 Å². The number of rotatable bonds is 5. The molecule has 1 nitrogen and oxygen atoms in total. The zero-order valence-corrected chi connectivity index (χ0v) is 9.49. The molecule has 1 aromatic carbocycles. The summed E-state index contributed by atoms with van der Waals surface area (Å²) in [5, 5.41) is 0. The van der Waals surface area contributed by atoms with E-state index in [0.717, 1.165) is 23.8 Å². The molecular formula is C11H15F2NS. The summed E-state index contributed by atoms with van der Waals surface area (Å²) in [6, 6.07) is 4.17. The van der Waals surface area contributed by atoms with Crippen LogP contribution in [0.25, 0.3) is 0 Å². The second-order valence-electron chi connectivity index (χ2n) is 3.43. The maximum absolute atomic E-state index is 12.8. The molecule has 1 atom stereocenters. The summed E-state index contributed by atoms with van der Waals surface area (Å²) in [6.45, 7) is 2.03. The van der Waals surface area contributed by atoms with E-state index in [2.05, 4.69) is 0 Å². The standard InChI is InChI=1S/C11H15F2NS/c1-2-9(14)7-15-6-8-3-4-10(12)11(13)5-8/h3-5,9H,2,6-7,14H2,1H3. The lowest BCUT2D eigenvalue weighted by molar-refractivity contribution is 0.507. The van der Waals surface area contributed by atoms with Crippen LogP contribution >= 0.6 is 11.8 Å². The molecule has 1 rings (SSSR count). The molecule has 4 heteroatoms. The van der Waals surface area contributed by atoms with Crippen LogP contribution < -0.4 is 5.73 Å². The minimum absolute atomic E-state index is 0.181. The maximum Gasteiger partial charge on any atom is 0.159 e. The molecule has 0 aromatic heterocycles. The Morgan fingerprint density at radius 3 is 2.67 bits per heavy atom. The average Bonchev–Trinajstić information content (AvgIpc) is 2.23. The van der Waals surface area contributed by atoms with Crippen molar-refractivity contribution in [3.8, 4) is 0 Å². The van der Waals surface area contributed by atoms with Gasteiger partial charge in [-0.3, -0.25) is 0 Å². The highest BCUT2D eigenvalue weighted by molar-refractivity contribution is 7.98. The first-order valence-electron chi connectivity index (χ1n) is 4.90. The third-order valence-electron chi connectivity index (χ3n) is 2.11. The Bertz CT molecular complexity index is 317. The molecule has 0 saturated carbocycles. The molecule has 0 heterocycles. The van der Waals surface area contributed by atoms with Gasteiger partial charge in [0.2, 0.25) is 0 Å². The van der Waals surface area contributed by atoms with Gasteiger partial charge in [-0.15, -0.1) is 0 Å². The summed E-state index contributed by atoms with van der Waals surface area (Å²) < 4.78 is 25.4. The Labute approximate surface area is 93.1 Å². The molecule has 0 aliphatic rings. The van der Waals surface area contributed by atoms with Crippen LogP contribution in [0, 0.1) is 11.6 Å². The SMILES string of the molecule is CCC(N)CSCc1ccc(F)c(F)c1. The molecule has 0 aliphatic carbocycles. The van der Waals surface area contributed by atoms with Gasteiger partial charge in [0.15, 0.2) is 11.6 Å². The molecule has 0 radical (unpaired) electrons. The van der Waals surface area contributed by atoms with E-state index >= 15 is 0 Å². The highest BCUT2D eigenvalue weighted by atomic mass is 32.2. The van der Waals surface area contributed by atoms with Crippen LogP contribution in [0.4, 0.5) is 8.78 Å². The number of benzene rings is 1. The summed E-state index contributed by atoms with van der Waals surface area (Å²) in [5.41, 5.74) is 6.53. The van der Waals surface area contributed by atoms with Crippen molar-refractivity contribution in [3.05, 3.63) is 35.4 Å². The summed E-state index contributed by atoms with van der Waals surface area (Å²) in [5.74, 6) is -0.0673. The quantitative estimate of drug-likeness (QED) is 0.843. The Kier molecular flexibility index (Phi) is 5.05. The number of halogens is 2. The molecule has 0 amide bonds. The topological polar surface area (TPSA) is 26.0 Å². The van der Waals surface area contributed by atoms with Crippen molar-refractivity contribution in [2.45, 2.75) is 25.1 Å². The van der Waals surface area contributed by atoms with Crippen molar-refractivity contribution < 1.29 is 8.78 Å². The molecule has 2 N–H and O–H groups in total. The number of thioether (sulfide) groups is 1. The van der Waals surface area contributed by atoms with E-state index in [0.29, 0.717) is 5.75 Å². The Morgan fingerprint density at radius 1 is 1.33 bits per heavy atom.